The lowest BCUT2D eigenvalue weighted by atomic mass is 9.88. The van der Waals surface area contributed by atoms with Crippen LogP contribution in [0.2, 0.25) is 0 Å². The van der Waals surface area contributed by atoms with Crippen molar-refractivity contribution >= 4 is 12.1 Å². The number of benzene rings is 1. The molecular weight excluding hydrogens is 311 g/mol. The number of carbonyl (C=O) groups is 1. The Morgan fingerprint density at radius 3 is 2.67 bits per heavy atom. The Morgan fingerprint density at radius 1 is 1.38 bits per heavy atom. The summed E-state index contributed by atoms with van der Waals surface area (Å²) in [5.41, 5.74) is -0.926. The molecule has 0 saturated carbocycles. The first-order valence-corrected chi connectivity index (χ1v) is 8.07. The minimum Gasteiger partial charge on any atom is -0.465 e. The van der Waals surface area contributed by atoms with E-state index in [-0.39, 0.29) is 11.8 Å². The average molecular weight is 336 g/mol. The number of hydrogen-bond donors (Lipinski definition) is 0. The fraction of sp³-hybridized carbons (Fsp3) is 0.556. The predicted octanol–water partition coefficient (Wildman–Crippen LogP) is 4.07. The van der Waals surface area contributed by atoms with Gasteiger partial charge in [-0.05, 0) is 46.6 Å². The number of hydrogen-bond acceptors (Lipinski definition) is 4. The van der Waals surface area contributed by atoms with E-state index in [1.807, 2.05) is 6.92 Å². The lowest BCUT2D eigenvalue weighted by molar-refractivity contribution is 0.0363. The van der Waals surface area contributed by atoms with Crippen molar-refractivity contribution in [2.75, 3.05) is 13.7 Å². The molecule has 132 valence electrons. The molecule has 0 aromatic heterocycles. The molecule has 0 fully saturated rings. The van der Waals surface area contributed by atoms with Crippen LogP contribution in [-0.4, -0.2) is 36.3 Å². The summed E-state index contributed by atoms with van der Waals surface area (Å²) in [4.78, 5) is 18.1. The summed E-state index contributed by atoms with van der Waals surface area (Å²) in [6.07, 6.45) is 0.776. The van der Waals surface area contributed by atoms with Gasteiger partial charge in [-0.3, -0.25) is 0 Å². The largest absolute Gasteiger partial charge is 0.465 e. The predicted molar refractivity (Wildman–Crippen MR) is 90.4 cm³/mol. The van der Waals surface area contributed by atoms with Gasteiger partial charge in [0.05, 0.1) is 12.1 Å². The van der Waals surface area contributed by atoms with Crippen molar-refractivity contribution in [2.45, 2.75) is 51.7 Å². The minimum absolute atomic E-state index is 0.146. The zero-order valence-corrected chi connectivity index (χ0v) is 14.9. The van der Waals surface area contributed by atoms with Gasteiger partial charge in [0.15, 0.2) is 0 Å². The molecule has 0 radical (unpaired) electrons. The van der Waals surface area contributed by atoms with Gasteiger partial charge in [0.25, 0.3) is 6.02 Å². The van der Waals surface area contributed by atoms with Crippen molar-refractivity contribution in [2.24, 2.45) is 4.99 Å². The highest BCUT2D eigenvalue weighted by atomic mass is 19.1. The maximum atomic E-state index is 14.2. The molecule has 1 amide bonds. The van der Waals surface area contributed by atoms with Crippen LogP contribution in [0.3, 0.4) is 0 Å². The highest BCUT2D eigenvalue weighted by Gasteiger charge is 2.34. The molecule has 1 atom stereocenters. The number of nitrogens with zero attached hydrogens (tertiary/aromatic N) is 2. The normalized spacial score (nSPS) is 21.3. The molecule has 0 saturated heterocycles. The molecule has 1 aromatic carbocycles. The maximum absolute atomic E-state index is 14.2. The van der Waals surface area contributed by atoms with Crippen molar-refractivity contribution in [1.29, 1.82) is 0 Å². The van der Waals surface area contributed by atoms with E-state index >= 15 is 0 Å². The molecule has 0 unspecified atom stereocenters. The van der Waals surface area contributed by atoms with Crippen LogP contribution in [-0.2, 0) is 15.0 Å². The third-order valence-electron chi connectivity index (χ3n) is 3.79. The summed E-state index contributed by atoms with van der Waals surface area (Å²) >= 11 is 0. The van der Waals surface area contributed by atoms with Crippen molar-refractivity contribution < 1.29 is 18.7 Å². The monoisotopic (exact) mass is 336 g/mol. The Bertz CT molecular complexity index is 639. The van der Waals surface area contributed by atoms with Gasteiger partial charge in [-0.25, -0.2) is 19.1 Å². The summed E-state index contributed by atoms with van der Waals surface area (Å²) in [5.74, 6) is -0.315. The first-order chi connectivity index (χ1) is 11.1. The zero-order valence-electron chi connectivity index (χ0n) is 14.9. The van der Waals surface area contributed by atoms with E-state index in [4.69, 9.17) is 9.47 Å². The lowest BCUT2D eigenvalue weighted by Crippen LogP contribution is -2.40. The summed E-state index contributed by atoms with van der Waals surface area (Å²) in [6, 6.07) is 6.70. The fourth-order valence-corrected chi connectivity index (χ4v) is 2.55. The molecule has 1 aliphatic heterocycles. The van der Waals surface area contributed by atoms with Gasteiger partial charge >= 0.3 is 6.09 Å². The molecule has 0 bridgehead atoms. The van der Waals surface area contributed by atoms with Crippen LogP contribution in [0.15, 0.2) is 29.3 Å². The van der Waals surface area contributed by atoms with Crippen LogP contribution >= 0.6 is 0 Å². The zero-order chi connectivity index (χ0) is 18.0. The Labute approximate surface area is 142 Å². The second-order valence-electron chi connectivity index (χ2n) is 7.14. The van der Waals surface area contributed by atoms with Crippen LogP contribution in [0.1, 0.15) is 46.1 Å². The molecule has 0 aliphatic carbocycles. The first kappa shape index (κ1) is 18.2. The van der Waals surface area contributed by atoms with Gasteiger partial charge in [-0.2, -0.15) is 0 Å². The Balaban J connectivity index is 2.33. The van der Waals surface area contributed by atoms with Gasteiger partial charge in [0.1, 0.15) is 11.4 Å². The number of ether oxygens (including phenoxy) is 2. The number of rotatable bonds is 1. The summed E-state index contributed by atoms with van der Waals surface area (Å²) in [5, 5.41) is 0. The summed E-state index contributed by atoms with van der Waals surface area (Å²) in [6.45, 7) is 7.63. The van der Waals surface area contributed by atoms with Gasteiger partial charge in [0.2, 0.25) is 0 Å². The number of amidine groups is 1. The summed E-state index contributed by atoms with van der Waals surface area (Å²) in [7, 11) is 1.54. The molecule has 6 heteroatoms. The quantitative estimate of drug-likeness (QED) is 0.776. The van der Waals surface area contributed by atoms with Gasteiger partial charge in [-0.15, -0.1) is 0 Å². The molecule has 0 N–H and O–H groups in total. The molecule has 1 aromatic rings. The second kappa shape index (κ2) is 6.79. The van der Waals surface area contributed by atoms with Crippen molar-refractivity contribution in [3.8, 4) is 0 Å². The van der Waals surface area contributed by atoms with E-state index in [0.29, 0.717) is 25.0 Å². The van der Waals surface area contributed by atoms with E-state index in [1.165, 1.54) is 11.0 Å². The minimum atomic E-state index is -0.798. The SMILES string of the molecule is CN(C(=O)OC(C)(C)C)C1=N[C@](C)(c2ccccc2F)CCCO1. The van der Waals surface area contributed by atoms with Crippen LogP contribution in [0, 0.1) is 5.82 Å². The molecular formula is C18H25FN2O3. The van der Waals surface area contributed by atoms with Crippen LogP contribution < -0.4 is 0 Å². The molecule has 24 heavy (non-hydrogen) atoms. The van der Waals surface area contributed by atoms with Crippen molar-refractivity contribution in [3.63, 3.8) is 0 Å². The Morgan fingerprint density at radius 2 is 2.04 bits per heavy atom. The van der Waals surface area contributed by atoms with Crippen LogP contribution in [0.25, 0.3) is 0 Å². The second-order valence-corrected chi connectivity index (χ2v) is 7.14. The van der Waals surface area contributed by atoms with E-state index in [2.05, 4.69) is 4.99 Å². The summed E-state index contributed by atoms with van der Waals surface area (Å²) < 4.78 is 25.2. The molecule has 1 heterocycles. The topological polar surface area (TPSA) is 51.1 Å². The van der Waals surface area contributed by atoms with E-state index in [1.54, 1.807) is 46.0 Å². The van der Waals surface area contributed by atoms with E-state index < -0.39 is 17.2 Å². The number of amides is 1. The Kier molecular flexibility index (Phi) is 5.16. The van der Waals surface area contributed by atoms with Gasteiger partial charge in [0, 0.05) is 12.6 Å². The third kappa shape index (κ3) is 4.24. The maximum Gasteiger partial charge on any atom is 0.418 e. The average Bonchev–Trinajstić information content (AvgIpc) is 2.68. The molecule has 2 rings (SSSR count). The number of carbonyl (C=O) groups excluding carboxylic acids is 1. The molecule has 5 nitrogen and oxygen atoms in total. The Hall–Kier alpha value is -2.11. The number of aliphatic imine (C=N–C) groups is 1. The highest BCUT2D eigenvalue weighted by Crippen LogP contribution is 2.34. The van der Waals surface area contributed by atoms with Crippen molar-refractivity contribution in [1.82, 2.24) is 4.90 Å². The number of halogens is 1. The third-order valence-corrected chi connectivity index (χ3v) is 3.79. The van der Waals surface area contributed by atoms with E-state index in [0.717, 1.165) is 0 Å². The van der Waals surface area contributed by atoms with Gasteiger partial charge in [-0.1, -0.05) is 18.2 Å². The smallest absolute Gasteiger partial charge is 0.418 e. The standard InChI is InChI=1S/C18H25FN2O3/c1-17(2,3)24-16(22)21(5)15-20-18(4,11-8-12-23-15)13-9-6-7-10-14(13)19/h6-7,9-10H,8,11-12H2,1-5H3/t18-/m0/s1. The van der Waals surface area contributed by atoms with E-state index in [9.17, 15) is 9.18 Å². The van der Waals surface area contributed by atoms with Crippen LogP contribution in [0.5, 0.6) is 0 Å². The van der Waals surface area contributed by atoms with Gasteiger partial charge < -0.3 is 9.47 Å². The molecule has 0 spiro atoms. The fourth-order valence-electron chi connectivity index (χ4n) is 2.55. The van der Waals surface area contributed by atoms with Crippen molar-refractivity contribution in [3.05, 3.63) is 35.6 Å². The molecule has 1 aliphatic rings. The van der Waals surface area contributed by atoms with Crippen LogP contribution in [0.4, 0.5) is 9.18 Å². The first-order valence-electron chi connectivity index (χ1n) is 8.07. The lowest BCUT2D eigenvalue weighted by Gasteiger charge is -2.27. The highest BCUT2D eigenvalue weighted by molar-refractivity contribution is 5.90.